The van der Waals surface area contributed by atoms with E-state index >= 15 is 0 Å². The van der Waals surface area contributed by atoms with Crippen molar-refractivity contribution in [1.82, 2.24) is 0 Å². The van der Waals surface area contributed by atoms with Gasteiger partial charge in [-0.3, -0.25) is 0 Å². The molecule has 3 nitrogen and oxygen atoms in total. The lowest BCUT2D eigenvalue weighted by molar-refractivity contribution is 0.140. The number of hydrogen-bond acceptors (Lipinski definition) is 3. The van der Waals surface area contributed by atoms with Crippen LogP contribution in [0.3, 0.4) is 0 Å². The van der Waals surface area contributed by atoms with Crippen LogP contribution in [0.1, 0.15) is 33.4 Å². The SMILES string of the molecule is C(=C\c1ccccc1)/COCc1cc(COC/C=C/c2ccccc2)cc(COC/C=C/c2ccccc2)c1. The van der Waals surface area contributed by atoms with Crippen molar-refractivity contribution in [2.24, 2.45) is 0 Å². The fraction of sp³-hybridized carbons (Fsp3) is 0.167. The second-order valence-electron chi connectivity index (χ2n) is 9.14. The smallest absolute Gasteiger partial charge is 0.0721 e. The van der Waals surface area contributed by atoms with Gasteiger partial charge < -0.3 is 14.2 Å². The Kier molecular flexibility index (Phi) is 12.0. The number of benzene rings is 4. The Balaban J connectivity index is 1.30. The Morgan fingerprint density at radius 3 is 0.949 bits per heavy atom. The highest BCUT2D eigenvalue weighted by molar-refractivity contribution is 5.50. The zero-order chi connectivity index (χ0) is 26.8. The summed E-state index contributed by atoms with van der Waals surface area (Å²) in [6.45, 7) is 3.24. The predicted molar refractivity (Wildman–Crippen MR) is 162 cm³/mol. The van der Waals surface area contributed by atoms with E-state index in [1.165, 1.54) is 16.7 Å². The van der Waals surface area contributed by atoms with Gasteiger partial charge in [0.1, 0.15) is 0 Å². The van der Waals surface area contributed by atoms with Crippen LogP contribution in [-0.2, 0) is 34.0 Å². The van der Waals surface area contributed by atoms with E-state index in [2.05, 4.69) is 72.8 Å². The monoisotopic (exact) mass is 516 g/mol. The molecule has 198 valence electrons. The Bertz CT molecular complexity index is 1130. The summed E-state index contributed by atoms with van der Waals surface area (Å²) < 4.78 is 17.8. The summed E-state index contributed by atoms with van der Waals surface area (Å²) in [5, 5.41) is 0. The number of hydrogen-bond donors (Lipinski definition) is 0. The molecule has 0 aliphatic heterocycles. The Labute approximate surface area is 232 Å². The normalized spacial score (nSPS) is 11.7. The molecular weight excluding hydrogens is 480 g/mol. The van der Waals surface area contributed by atoms with E-state index in [4.69, 9.17) is 14.2 Å². The average molecular weight is 517 g/mol. The van der Waals surface area contributed by atoms with Crippen LogP contribution in [0.5, 0.6) is 0 Å². The van der Waals surface area contributed by atoms with Gasteiger partial charge >= 0.3 is 0 Å². The average Bonchev–Trinajstić information content (AvgIpc) is 2.98. The Morgan fingerprint density at radius 1 is 0.385 bits per heavy atom. The molecule has 0 heterocycles. The third-order valence-corrected chi connectivity index (χ3v) is 5.89. The molecule has 0 aromatic heterocycles. The van der Waals surface area contributed by atoms with Crippen molar-refractivity contribution in [3.05, 3.63) is 161 Å². The standard InChI is InChI=1S/C36H36O3/c1-4-13-31(14-5-1)19-10-22-37-28-34-25-35(29-38-23-11-20-32-15-6-2-7-16-32)27-36(26-34)30-39-24-12-21-33-17-8-3-9-18-33/h1-21,25-27H,22-24,28-30H2/b19-10+,20-11+,21-12+. The summed E-state index contributed by atoms with van der Waals surface area (Å²) in [5.74, 6) is 0. The summed E-state index contributed by atoms with van der Waals surface area (Å²) in [4.78, 5) is 0. The zero-order valence-electron chi connectivity index (χ0n) is 22.3. The van der Waals surface area contributed by atoms with Gasteiger partial charge in [0.25, 0.3) is 0 Å². The summed E-state index contributed by atoms with van der Waals surface area (Å²) in [7, 11) is 0. The fourth-order valence-electron chi connectivity index (χ4n) is 4.07. The molecular formula is C36H36O3. The van der Waals surface area contributed by atoms with E-state index in [1.807, 2.05) is 72.8 Å². The van der Waals surface area contributed by atoms with Gasteiger partial charge in [0.15, 0.2) is 0 Å². The van der Waals surface area contributed by atoms with Crippen LogP contribution in [0.2, 0.25) is 0 Å². The largest absolute Gasteiger partial charge is 0.373 e. The van der Waals surface area contributed by atoms with Gasteiger partial charge in [-0.05, 0) is 33.4 Å². The van der Waals surface area contributed by atoms with Gasteiger partial charge in [-0.15, -0.1) is 0 Å². The van der Waals surface area contributed by atoms with E-state index in [9.17, 15) is 0 Å². The highest BCUT2D eigenvalue weighted by atomic mass is 16.5. The molecule has 0 atom stereocenters. The summed E-state index contributed by atoms with van der Waals surface area (Å²) in [6, 6.07) is 37.2. The first-order chi connectivity index (χ1) is 19.3. The maximum Gasteiger partial charge on any atom is 0.0721 e. The Hall–Kier alpha value is -4.02. The van der Waals surface area contributed by atoms with E-state index in [0.717, 1.165) is 16.7 Å². The first-order valence-corrected chi connectivity index (χ1v) is 13.3. The topological polar surface area (TPSA) is 27.7 Å². The molecule has 0 saturated heterocycles. The number of rotatable bonds is 15. The molecule has 0 fully saturated rings. The van der Waals surface area contributed by atoms with Gasteiger partial charge in [-0.25, -0.2) is 0 Å². The molecule has 4 aromatic rings. The molecule has 39 heavy (non-hydrogen) atoms. The lowest BCUT2D eigenvalue weighted by Crippen LogP contribution is -2.01. The van der Waals surface area contributed by atoms with Gasteiger partial charge in [-0.2, -0.15) is 0 Å². The van der Waals surface area contributed by atoms with Crippen LogP contribution in [0.25, 0.3) is 18.2 Å². The molecule has 0 spiro atoms. The molecule has 0 radical (unpaired) electrons. The second-order valence-corrected chi connectivity index (χ2v) is 9.14. The van der Waals surface area contributed by atoms with E-state index < -0.39 is 0 Å². The molecule has 3 heteroatoms. The molecule has 0 aliphatic rings. The van der Waals surface area contributed by atoms with Gasteiger partial charge in [0.05, 0.1) is 39.6 Å². The number of ether oxygens (including phenoxy) is 3. The molecule has 0 unspecified atom stereocenters. The van der Waals surface area contributed by atoms with Crippen LogP contribution in [0.4, 0.5) is 0 Å². The first kappa shape index (κ1) is 28.0. The van der Waals surface area contributed by atoms with Crippen LogP contribution >= 0.6 is 0 Å². The highest BCUT2D eigenvalue weighted by Gasteiger charge is 2.03. The van der Waals surface area contributed by atoms with Gasteiger partial charge in [0.2, 0.25) is 0 Å². The van der Waals surface area contributed by atoms with Gasteiger partial charge in [-0.1, -0.05) is 146 Å². The quantitative estimate of drug-likeness (QED) is 0.149. The van der Waals surface area contributed by atoms with E-state index in [1.54, 1.807) is 0 Å². The molecule has 0 N–H and O–H groups in total. The van der Waals surface area contributed by atoms with Crippen molar-refractivity contribution in [2.45, 2.75) is 19.8 Å². The van der Waals surface area contributed by atoms with Crippen LogP contribution < -0.4 is 0 Å². The van der Waals surface area contributed by atoms with Crippen molar-refractivity contribution >= 4 is 18.2 Å². The predicted octanol–water partition coefficient (Wildman–Crippen LogP) is 8.38. The van der Waals surface area contributed by atoms with Crippen molar-refractivity contribution in [1.29, 1.82) is 0 Å². The third-order valence-electron chi connectivity index (χ3n) is 5.89. The van der Waals surface area contributed by atoms with Crippen molar-refractivity contribution in [3.63, 3.8) is 0 Å². The minimum Gasteiger partial charge on any atom is -0.373 e. The van der Waals surface area contributed by atoms with Crippen LogP contribution in [0.15, 0.2) is 127 Å². The maximum atomic E-state index is 5.94. The van der Waals surface area contributed by atoms with E-state index in [0.29, 0.717) is 39.6 Å². The second kappa shape index (κ2) is 16.7. The summed E-state index contributed by atoms with van der Waals surface area (Å²) >= 11 is 0. The summed E-state index contributed by atoms with van der Waals surface area (Å²) in [6.07, 6.45) is 12.4. The fourth-order valence-corrected chi connectivity index (χ4v) is 4.07. The molecule has 0 aliphatic carbocycles. The molecule has 4 rings (SSSR count). The van der Waals surface area contributed by atoms with Gasteiger partial charge in [0, 0.05) is 0 Å². The van der Waals surface area contributed by atoms with Crippen LogP contribution in [-0.4, -0.2) is 19.8 Å². The maximum absolute atomic E-state index is 5.94. The minimum atomic E-state index is 0.530. The lowest BCUT2D eigenvalue weighted by Gasteiger charge is -2.11. The molecule has 0 amide bonds. The van der Waals surface area contributed by atoms with Crippen molar-refractivity contribution in [2.75, 3.05) is 19.8 Å². The highest BCUT2D eigenvalue weighted by Crippen LogP contribution is 2.15. The zero-order valence-corrected chi connectivity index (χ0v) is 22.3. The molecule has 0 saturated carbocycles. The minimum absolute atomic E-state index is 0.530. The first-order valence-electron chi connectivity index (χ1n) is 13.3. The van der Waals surface area contributed by atoms with E-state index in [-0.39, 0.29) is 0 Å². The molecule has 0 bridgehead atoms. The third kappa shape index (κ3) is 11.1. The van der Waals surface area contributed by atoms with Crippen molar-refractivity contribution < 1.29 is 14.2 Å². The van der Waals surface area contributed by atoms with Crippen LogP contribution in [0, 0.1) is 0 Å². The Morgan fingerprint density at radius 2 is 0.667 bits per heavy atom. The lowest BCUT2D eigenvalue weighted by atomic mass is 10.1. The molecule has 4 aromatic carbocycles. The summed E-state index contributed by atoms with van der Waals surface area (Å²) in [5.41, 5.74) is 6.85. The van der Waals surface area contributed by atoms with Crippen molar-refractivity contribution in [3.8, 4) is 0 Å².